The molecule has 2 fully saturated rings. The van der Waals surface area contributed by atoms with Gasteiger partial charge in [-0.1, -0.05) is 12.1 Å². The molecule has 4 heterocycles. The maximum atomic E-state index is 13.1. The van der Waals surface area contributed by atoms with Crippen molar-refractivity contribution in [3.63, 3.8) is 0 Å². The number of hydrogen-bond acceptors (Lipinski definition) is 6. The lowest BCUT2D eigenvalue weighted by Crippen LogP contribution is -2.29. The van der Waals surface area contributed by atoms with Gasteiger partial charge >= 0.3 is 5.97 Å². The van der Waals surface area contributed by atoms with Gasteiger partial charge in [-0.15, -0.1) is 5.10 Å². The molecule has 2 aromatic heterocycles. The van der Waals surface area contributed by atoms with Crippen molar-refractivity contribution in [1.29, 1.82) is 0 Å². The molecule has 2 aliphatic heterocycles. The molecule has 1 amide bonds. The standard InChI is InChI=1S/C26H32N6O4/c1-2-18-9-21(11-22(10-18)26(34)35)25(33)30-6-3-20(13-30)15-32-17-24(28-29-32)23-12-27-31(16-23)14-19-4-7-36-8-5-19/h9-12,16-17,19-20H,2-8,13-15H2,1H3,(H,34,35). The molecule has 190 valence electrons. The first kappa shape index (κ1) is 24.2. The number of ether oxygens (including phenoxy) is 1. The number of rotatable bonds is 8. The molecule has 10 nitrogen and oxygen atoms in total. The van der Waals surface area contributed by atoms with E-state index in [0.29, 0.717) is 37.5 Å². The smallest absolute Gasteiger partial charge is 0.335 e. The van der Waals surface area contributed by atoms with Crippen molar-refractivity contribution in [2.45, 2.75) is 45.7 Å². The van der Waals surface area contributed by atoms with Gasteiger partial charge in [0.1, 0.15) is 5.69 Å². The van der Waals surface area contributed by atoms with E-state index in [2.05, 4.69) is 15.4 Å². The monoisotopic (exact) mass is 492 g/mol. The number of amides is 1. The number of benzene rings is 1. The predicted octanol–water partition coefficient (Wildman–Crippen LogP) is 2.99. The highest BCUT2D eigenvalue weighted by Crippen LogP contribution is 2.23. The van der Waals surface area contributed by atoms with Crippen molar-refractivity contribution in [2.75, 3.05) is 26.3 Å². The van der Waals surface area contributed by atoms with Crippen LogP contribution in [0.5, 0.6) is 0 Å². The van der Waals surface area contributed by atoms with E-state index in [0.717, 1.165) is 55.8 Å². The zero-order valence-electron chi connectivity index (χ0n) is 20.5. The van der Waals surface area contributed by atoms with Crippen LogP contribution in [0, 0.1) is 11.8 Å². The molecule has 0 radical (unpaired) electrons. The quantitative estimate of drug-likeness (QED) is 0.514. The van der Waals surface area contributed by atoms with Crippen LogP contribution in [0.2, 0.25) is 0 Å². The summed E-state index contributed by atoms with van der Waals surface area (Å²) in [5, 5.41) is 22.5. The van der Waals surface area contributed by atoms with Gasteiger partial charge in [0.2, 0.25) is 0 Å². The van der Waals surface area contributed by atoms with Crippen molar-refractivity contribution in [3.8, 4) is 11.3 Å². The van der Waals surface area contributed by atoms with Gasteiger partial charge in [0, 0.05) is 56.7 Å². The molecule has 3 aromatic rings. The Bertz CT molecular complexity index is 1230. The molecule has 0 spiro atoms. The molecule has 0 bridgehead atoms. The van der Waals surface area contributed by atoms with Crippen LogP contribution in [0.25, 0.3) is 11.3 Å². The number of carbonyl (C=O) groups excluding carboxylic acids is 1. The number of aromatic nitrogens is 5. The van der Waals surface area contributed by atoms with Crippen molar-refractivity contribution >= 4 is 11.9 Å². The number of carboxylic acid groups (broad SMARTS) is 1. The second-order valence-corrected chi connectivity index (χ2v) is 9.82. The molecule has 2 aliphatic rings. The Morgan fingerprint density at radius 2 is 1.81 bits per heavy atom. The Morgan fingerprint density at radius 1 is 1.03 bits per heavy atom. The molecule has 0 saturated carbocycles. The highest BCUT2D eigenvalue weighted by atomic mass is 16.5. The maximum absolute atomic E-state index is 13.1. The average Bonchev–Trinajstić information content (AvgIpc) is 3.66. The van der Waals surface area contributed by atoms with Gasteiger partial charge in [0.05, 0.1) is 18.0 Å². The lowest BCUT2D eigenvalue weighted by molar-refractivity contribution is 0.0601. The maximum Gasteiger partial charge on any atom is 0.335 e. The zero-order chi connectivity index (χ0) is 25.1. The van der Waals surface area contributed by atoms with Gasteiger partial charge in [-0.3, -0.25) is 14.2 Å². The second-order valence-electron chi connectivity index (χ2n) is 9.82. The molecule has 1 aromatic carbocycles. The van der Waals surface area contributed by atoms with Crippen molar-refractivity contribution in [1.82, 2.24) is 29.7 Å². The van der Waals surface area contributed by atoms with E-state index < -0.39 is 5.97 Å². The minimum atomic E-state index is -1.02. The van der Waals surface area contributed by atoms with Gasteiger partial charge in [-0.25, -0.2) is 4.79 Å². The topological polar surface area (TPSA) is 115 Å². The lowest BCUT2D eigenvalue weighted by Gasteiger charge is -2.21. The van der Waals surface area contributed by atoms with Gasteiger partial charge < -0.3 is 14.7 Å². The van der Waals surface area contributed by atoms with Crippen molar-refractivity contribution in [3.05, 3.63) is 53.5 Å². The Balaban J connectivity index is 1.18. The minimum Gasteiger partial charge on any atom is -0.478 e. The summed E-state index contributed by atoms with van der Waals surface area (Å²) in [5.74, 6) is -0.287. The first-order valence-electron chi connectivity index (χ1n) is 12.7. The Labute approximate surface area is 209 Å². The number of aromatic carboxylic acids is 1. The summed E-state index contributed by atoms with van der Waals surface area (Å²) < 4.78 is 9.26. The van der Waals surface area contributed by atoms with Crippen LogP contribution in [0.15, 0.2) is 36.8 Å². The number of hydrogen-bond donors (Lipinski definition) is 1. The number of aryl methyl sites for hydroxylation is 1. The number of carboxylic acids is 1. The molecule has 36 heavy (non-hydrogen) atoms. The summed E-state index contributed by atoms with van der Waals surface area (Å²) in [4.78, 5) is 26.4. The molecular formula is C26H32N6O4. The second kappa shape index (κ2) is 10.6. The molecule has 10 heteroatoms. The van der Waals surface area contributed by atoms with E-state index in [-0.39, 0.29) is 17.4 Å². The van der Waals surface area contributed by atoms with E-state index in [4.69, 9.17) is 4.74 Å². The molecular weight excluding hydrogens is 460 g/mol. The van der Waals surface area contributed by atoms with E-state index in [1.165, 1.54) is 6.07 Å². The van der Waals surface area contributed by atoms with Gasteiger partial charge in [0.15, 0.2) is 0 Å². The van der Waals surface area contributed by atoms with Gasteiger partial charge in [-0.2, -0.15) is 5.10 Å². The summed E-state index contributed by atoms with van der Waals surface area (Å²) in [7, 11) is 0. The fourth-order valence-corrected chi connectivity index (χ4v) is 5.07. The van der Waals surface area contributed by atoms with Crippen LogP contribution in [-0.2, 0) is 24.2 Å². The van der Waals surface area contributed by atoms with Crippen LogP contribution in [-0.4, -0.2) is 73.0 Å². The molecule has 1 atom stereocenters. The van der Waals surface area contributed by atoms with E-state index in [1.54, 1.807) is 12.1 Å². The predicted molar refractivity (Wildman–Crippen MR) is 132 cm³/mol. The average molecular weight is 493 g/mol. The van der Waals surface area contributed by atoms with Crippen molar-refractivity contribution < 1.29 is 19.4 Å². The lowest BCUT2D eigenvalue weighted by atomic mass is 10.0. The molecule has 2 saturated heterocycles. The van der Waals surface area contributed by atoms with E-state index in [1.807, 2.05) is 39.8 Å². The largest absolute Gasteiger partial charge is 0.478 e. The summed E-state index contributed by atoms with van der Waals surface area (Å²) in [6, 6.07) is 4.90. The zero-order valence-corrected chi connectivity index (χ0v) is 20.5. The third-order valence-electron chi connectivity index (χ3n) is 7.17. The van der Waals surface area contributed by atoms with Gasteiger partial charge in [-0.05, 0) is 61.3 Å². The van der Waals surface area contributed by atoms with Crippen LogP contribution < -0.4 is 0 Å². The highest BCUT2D eigenvalue weighted by Gasteiger charge is 2.28. The third kappa shape index (κ3) is 5.48. The molecule has 1 N–H and O–H groups in total. The molecule has 0 aliphatic carbocycles. The number of carbonyl (C=O) groups is 2. The van der Waals surface area contributed by atoms with Crippen LogP contribution in [0.3, 0.4) is 0 Å². The molecule has 5 rings (SSSR count). The first-order chi connectivity index (χ1) is 17.5. The Kier molecular flexibility index (Phi) is 7.13. The fraction of sp³-hybridized carbons (Fsp3) is 0.500. The normalized spacial score (nSPS) is 18.6. The van der Waals surface area contributed by atoms with Crippen molar-refractivity contribution in [2.24, 2.45) is 11.8 Å². The van der Waals surface area contributed by atoms with Crippen LogP contribution in [0.1, 0.15) is 52.5 Å². The summed E-state index contributed by atoms with van der Waals surface area (Å²) in [5.41, 5.74) is 3.17. The Hall–Kier alpha value is -3.53. The fourth-order valence-electron chi connectivity index (χ4n) is 5.07. The van der Waals surface area contributed by atoms with E-state index in [9.17, 15) is 14.7 Å². The summed E-state index contributed by atoms with van der Waals surface area (Å²) in [6.07, 6.45) is 9.46. The van der Waals surface area contributed by atoms with Crippen LogP contribution >= 0.6 is 0 Å². The number of nitrogens with zero attached hydrogens (tertiary/aromatic N) is 6. The Morgan fingerprint density at radius 3 is 2.58 bits per heavy atom. The summed E-state index contributed by atoms with van der Waals surface area (Å²) >= 11 is 0. The minimum absolute atomic E-state index is 0.119. The van der Waals surface area contributed by atoms with Crippen LogP contribution in [0.4, 0.5) is 0 Å². The molecule has 1 unspecified atom stereocenters. The third-order valence-corrected chi connectivity index (χ3v) is 7.17. The highest BCUT2D eigenvalue weighted by molar-refractivity contribution is 5.98. The van der Waals surface area contributed by atoms with Gasteiger partial charge in [0.25, 0.3) is 5.91 Å². The van der Waals surface area contributed by atoms with E-state index >= 15 is 0 Å². The first-order valence-corrected chi connectivity index (χ1v) is 12.7. The SMILES string of the molecule is CCc1cc(C(=O)O)cc(C(=O)N2CCC(Cn3cc(-c4cnn(CC5CCOCC5)c4)nn3)C2)c1. The number of likely N-dealkylation sites (tertiary alicyclic amines) is 1. The summed E-state index contributed by atoms with van der Waals surface area (Å²) in [6.45, 7) is 6.40.